The number of benzene rings is 2. The first kappa shape index (κ1) is 13.3. The summed E-state index contributed by atoms with van der Waals surface area (Å²) >= 11 is 0. The van der Waals surface area contributed by atoms with E-state index in [4.69, 9.17) is 0 Å². The van der Waals surface area contributed by atoms with Gasteiger partial charge in [-0.25, -0.2) is 0 Å². The zero-order chi connectivity index (χ0) is 14.0. The van der Waals surface area contributed by atoms with E-state index in [0.29, 0.717) is 0 Å². The van der Waals surface area contributed by atoms with Crippen LogP contribution in [0.4, 0.5) is 0 Å². The van der Waals surface area contributed by atoms with E-state index in [2.05, 4.69) is 12.1 Å². The van der Waals surface area contributed by atoms with Crippen LogP contribution in [0.2, 0.25) is 0 Å². The van der Waals surface area contributed by atoms with Crippen molar-refractivity contribution in [3.8, 4) is 11.1 Å². The highest BCUT2D eigenvalue weighted by molar-refractivity contribution is 5.81. The van der Waals surface area contributed by atoms with Gasteiger partial charge in [0, 0.05) is 0 Å². The summed E-state index contributed by atoms with van der Waals surface area (Å²) in [5.41, 5.74) is 3.36. The lowest BCUT2D eigenvalue weighted by atomic mass is 9.83. The molecule has 0 aliphatic rings. The number of rotatable bonds is 3. The number of carboxylic acids is 1. The van der Waals surface area contributed by atoms with E-state index < -0.39 is 11.4 Å². The molecule has 2 rings (SSSR count). The standard InChI is InChI=1S/C17H18O2/c1-12-11-14(17(2,3)16(18)19)9-10-15(12)13-7-5-4-6-8-13/h4-11H,1-3H3,(H,18,19). The van der Waals surface area contributed by atoms with Crippen LogP contribution >= 0.6 is 0 Å². The average molecular weight is 254 g/mol. The highest BCUT2D eigenvalue weighted by atomic mass is 16.4. The molecule has 0 radical (unpaired) electrons. The zero-order valence-corrected chi connectivity index (χ0v) is 11.5. The second kappa shape index (κ2) is 4.88. The Balaban J connectivity index is 2.47. The molecule has 0 spiro atoms. The molecule has 0 heterocycles. The van der Waals surface area contributed by atoms with Crippen LogP contribution in [0.3, 0.4) is 0 Å². The Morgan fingerprint density at radius 2 is 1.68 bits per heavy atom. The molecule has 0 aliphatic heterocycles. The van der Waals surface area contributed by atoms with Crippen LogP contribution < -0.4 is 0 Å². The minimum atomic E-state index is -0.861. The highest BCUT2D eigenvalue weighted by Gasteiger charge is 2.29. The Hall–Kier alpha value is -2.09. The number of hydrogen-bond acceptors (Lipinski definition) is 1. The molecule has 19 heavy (non-hydrogen) atoms. The van der Waals surface area contributed by atoms with Crippen LogP contribution in [0, 0.1) is 6.92 Å². The largest absolute Gasteiger partial charge is 0.481 e. The van der Waals surface area contributed by atoms with Crippen LogP contribution in [-0.2, 0) is 10.2 Å². The summed E-state index contributed by atoms with van der Waals surface area (Å²) in [5, 5.41) is 9.27. The van der Waals surface area contributed by atoms with Gasteiger partial charge in [-0.05, 0) is 43.0 Å². The summed E-state index contributed by atoms with van der Waals surface area (Å²) in [6, 6.07) is 16.0. The molecule has 2 aromatic rings. The molecule has 0 unspecified atom stereocenters. The molecule has 0 fully saturated rings. The van der Waals surface area contributed by atoms with Crippen molar-refractivity contribution in [1.82, 2.24) is 0 Å². The minimum absolute atomic E-state index is 0.806. The Kier molecular flexibility index (Phi) is 3.43. The van der Waals surface area contributed by atoms with Gasteiger partial charge >= 0.3 is 5.97 Å². The van der Waals surface area contributed by atoms with Crippen LogP contribution in [0.1, 0.15) is 25.0 Å². The molecule has 2 heteroatoms. The number of carboxylic acid groups (broad SMARTS) is 1. The SMILES string of the molecule is Cc1cc(C(C)(C)C(=O)O)ccc1-c1ccccc1. The fourth-order valence-corrected chi connectivity index (χ4v) is 2.12. The van der Waals surface area contributed by atoms with E-state index in [1.807, 2.05) is 43.3 Å². The first-order valence-electron chi connectivity index (χ1n) is 6.33. The number of aliphatic carboxylic acids is 1. The summed E-state index contributed by atoms with van der Waals surface area (Å²) < 4.78 is 0. The van der Waals surface area contributed by atoms with E-state index in [1.54, 1.807) is 13.8 Å². The van der Waals surface area contributed by atoms with Crippen molar-refractivity contribution < 1.29 is 9.90 Å². The molecule has 2 nitrogen and oxygen atoms in total. The van der Waals surface area contributed by atoms with Gasteiger partial charge < -0.3 is 5.11 Å². The van der Waals surface area contributed by atoms with E-state index in [1.165, 1.54) is 0 Å². The third kappa shape index (κ3) is 2.53. The van der Waals surface area contributed by atoms with Crippen LogP contribution in [-0.4, -0.2) is 11.1 Å². The first-order valence-corrected chi connectivity index (χ1v) is 6.33. The normalized spacial score (nSPS) is 11.3. The Bertz CT molecular complexity index is 598. The summed E-state index contributed by atoms with van der Waals surface area (Å²) in [7, 11) is 0. The van der Waals surface area contributed by atoms with Crippen molar-refractivity contribution in [2.45, 2.75) is 26.2 Å². The van der Waals surface area contributed by atoms with Crippen molar-refractivity contribution in [3.05, 3.63) is 59.7 Å². The average Bonchev–Trinajstić information content (AvgIpc) is 2.39. The Labute approximate surface area is 113 Å². The molecule has 0 saturated carbocycles. The summed E-state index contributed by atoms with van der Waals surface area (Å²) in [6.07, 6.45) is 0. The number of hydrogen-bond donors (Lipinski definition) is 1. The zero-order valence-electron chi connectivity index (χ0n) is 11.5. The fourth-order valence-electron chi connectivity index (χ4n) is 2.12. The smallest absolute Gasteiger partial charge is 0.313 e. The van der Waals surface area contributed by atoms with Crippen molar-refractivity contribution in [2.24, 2.45) is 0 Å². The van der Waals surface area contributed by atoms with Gasteiger partial charge in [0.15, 0.2) is 0 Å². The summed E-state index contributed by atoms with van der Waals surface area (Å²) in [5.74, 6) is -0.806. The number of carbonyl (C=O) groups is 1. The lowest BCUT2D eigenvalue weighted by Gasteiger charge is -2.21. The van der Waals surface area contributed by atoms with Gasteiger partial charge in [-0.15, -0.1) is 0 Å². The van der Waals surface area contributed by atoms with E-state index in [9.17, 15) is 9.90 Å². The maximum Gasteiger partial charge on any atom is 0.313 e. The quantitative estimate of drug-likeness (QED) is 0.898. The van der Waals surface area contributed by atoms with Crippen LogP contribution in [0.5, 0.6) is 0 Å². The molecule has 1 N–H and O–H groups in total. The topological polar surface area (TPSA) is 37.3 Å². The van der Waals surface area contributed by atoms with Gasteiger partial charge in [-0.1, -0.05) is 48.5 Å². The van der Waals surface area contributed by atoms with Crippen LogP contribution in [0.15, 0.2) is 48.5 Å². The van der Waals surface area contributed by atoms with Gasteiger partial charge in [-0.3, -0.25) is 4.79 Å². The minimum Gasteiger partial charge on any atom is -0.481 e. The molecule has 0 bridgehead atoms. The maximum atomic E-state index is 11.3. The van der Waals surface area contributed by atoms with Crippen molar-refractivity contribution >= 4 is 5.97 Å². The predicted octanol–water partition coefficient (Wildman–Crippen LogP) is 4.02. The summed E-state index contributed by atoms with van der Waals surface area (Å²) in [6.45, 7) is 5.47. The molecule has 0 saturated heterocycles. The monoisotopic (exact) mass is 254 g/mol. The Morgan fingerprint density at radius 1 is 1.05 bits per heavy atom. The van der Waals surface area contributed by atoms with Crippen molar-refractivity contribution in [3.63, 3.8) is 0 Å². The third-order valence-corrected chi connectivity index (χ3v) is 3.57. The van der Waals surface area contributed by atoms with Gasteiger partial charge in [0.2, 0.25) is 0 Å². The van der Waals surface area contributed by atoms with Gasteiger partial charge in [0.05, 0.1) is 5.41 Å². The molecular weight excluding hydrogens is 236 g/mol. The Morgan fingerprint density at radius 3 is 2.21 bits per heavy atom. The molecule has 0 aliphatic carbocycles. The second-order valence-corrected chi connectivity index (χ2v) is 5.33. The highest BCUT2D eigenvalue weighted by Crippen LogP contribution is 2.29. The molecule has 98 valence electrons. The molecule has 0 aromatic heterocycles. The molecule has 0 amide bonds. The van der Waals surface area contributed by atoms with E-state index >= 15 is 0 Å². The van der Waals surface area contributed by atoms with Crippen molar-refractivity contribution in [1.29, 1.82) is 0 Å². The first-order chi connectivity index (χ1) is 8.93. The summed E-state index contributed by atoms with van der Waals surface area (Å²) in [4.78, 5) is 11.3. The molecular formula is C17H18O2. The second-order valence-electron chi connectivity index (χ2n) is 5.33. The lowest BCUT2D eigenvalue weighted by molar-refractivity contribution is -0.142. The van der Waals surface area contributed by atoms with Gasteiger partial charge in [0.25, 0.3) is 0 Å². The predicted molar refractivity (Wildman–Crippen MR) is 77.3 cm³/mol. The maximum absolute atomic E-state index is 11.3. The fraction of sp³-hybridized carbons (Fsp3) is 0.235. The van der Waals surface area contributed by atoms with Gasteiger partial charge in [-0.2, -0.15) is 0 Å². The van der Waals surface area contributed by atoms with Crippen LogP contribution in [0.25, 0.3) is 11.1 Å². The van der Waals surface area contributed by atoms with E-state index in [-0.39, 0.29) is 0 Å². The molecule has 0 atom stereocenters. The van der Waals surface area contributed by atoms with E-state index in [0.717, 1.165) is 22.3 Å². The van der Waals surface area contributed by atoms with Gasteiger partial charge in [0.1, 0.15) is 0 Å². The third-order valence-electron chi connectivity index (χ3n) is 3.57. The van der Waals surface area contributed by atoms with Crippen molar-refractivity contribution in [2.75, 3.05) is 0 Å². The lowest BCUT2D eigenvalue weighted by Crippen LogP contribution is -2.28. The number of aryl methyl sites for hydroxylation is 1. The molecule has 2 aromatic carbocycles.